The Bertz CT molecular complexity index is 395. The van der Waals surface area contributed by atoms with E-state index in [0.29, 0.717) is 23.8 Å². The maximum atomic E-state index is 5.76. The van der Waals surface area contributed by atoms with Gasteiger partial charge < -0.3 is 15.0 Å². The van der Waals surface area contributed by atoms with Crippen LogP contribution in [0.5, 0.6) is 6.01 Å². The largest absolute Gasteiger partial charge is 0.460 e. The van der Waals surface area contributed by atoms with Crippen LogP contribution < -0.4 is 15.0 Å². The van der Waals surface area contributed by atoms with Gasteiger partial charge in [0.2, 0.25) is 11.9 Å². The smallest absolute Gasteiger partial charge is 0.323 e. The molecule has 6 nitrogen and oxygen atoms in total. The van der Waals surface area contributed by atoms with Crippen molar-refractivity contribution in [1.29, 1.82) is 0 Å². The molecule has 0 saturated heterocycles. The van der Waals surface area contributed by atoms with Gasteiger partial charge in [0.15, 0.2) is 0 Å². The van der Waals surface area contributed by atoms with E-state index in [2.05, 4.69) is 41.0 Å². The molecule has 1 aromatic rings. The van der Waals surface area contributed by atoms with Gasteiger partial charge in [-0.15, -0.1) is 0 Å². The van der Waals surface area contributed by atoms with Crippen molar-refractivity contribution in [3.05, 3.63) is 0 Å². The zero-order valence-electron chi connectivity index (χ0n) is 12.8. The summed E-state index contributed by atoms with van der Waals surface area (Å²) in [5, 5.41) is 3.16. The van der Waals surface area contributed by atoms with Crippen molar-refractivity contribution >= 4 is 11.9 Å². The minimum absolute atomic E-state index is 0.0661. The first kappa shape index (κ1) is 15.5. The van der Waals surface area contributed by atoms with Gasteiger partial charge in [0.05, 0.1) is 0 Å². The molecule has 0 aliphatic rings. The van der Waals surface area contributed by atoms with Gasteiger partial charge in [-0.05, 0) is 19.3 Å². The highest BCUT2D eigenvalue weighted by Crippen LogP contribution is 2.16. The molecular weight excluding hydrogens is 242 g/mol. The second-order valence-electron chi connectivity index (χ2n) is 5.13. The summed E-state index contributed by atoms with van der Waals surface area (Å²) in [7, 11) is 3.79. The van der Waals surface area contributed by atoms with E-state index in [1.54, 1.807) is 0 Å². The summed E-state index contributed by atoms with van der Waals surface area (Å²) in [5.41, 5.74) is 0. The molecule has 0 radical (unpaired) electrons. The molecule has 1 atom stereocenters. The molecule has 0 aliphatic carbocycles. The quantitative estimate of drug-likeness (QED) is 0.817. The zero-order chi connectivity index (χ0) is 14.4. The van der Waals surface area contributed by atoms with E-state index in [1.807, 2.05) is 25.9 Å². The predicted octanol–water partition coefficient (Wildman–Crippen LogP) is 2.18. The molecule has 0 bridgehead atoms. The molecule has 108 valence electrons. The Morgan fingerprint density at radius 2 is 1.84 bits per heavy atom. The third-order valence-electron chi connectivity index (χ3n) is 2.77. The predicted molar refractivity (Wildman–Crippen MR) is 77.9 cm³/mol. The van der Waals surface area contributed by atoms with E-state index in [4.69, 9.17) is 4.74 Å². The van der Waals surface area contributed by atoms with Gasteiger partial charge in [-0.3, -0.25) is 0 Å². The van der Waals surface area contributed by atoms with Gasteiger partial charge in [0.1, 0.15) is 6.10 Å². The number of anilines is 2. The topological polar surface area (TPSA) is 63.2 Å². The first-order valence-electron chi connectivity index (χ1n) is 6.78. The van der Waals surface area contributed by atoms with E-state index >= 15 is 0 Å². The molecule has 0 amide bonds. The van der Waals surface area contributed by atoms with Crippen molar-refractivity contribution < 1.29 is 4.74 Å². The van der Waals surface area contributed by atoms with E-state index < -0.39 is 0 Å². The summed E-state index contributed by atoms with van der Waals surface area (Å²) < 4.78 is 5.76. The first-order chi connectivity index (χ1) is 8.93. The molecule has 1 heterocycles. The van der Waals surface area contributed by atoms with Crippen LogP contribution in [0.1, 0.15) is 34.1 Å². The minimum Gasteiger partial charge on any atom is -0.460 e. The van der Waals surface area contributed by atoms with Gasteiger partial charge in [0, 0.05) is 20.6 Å². The molecule has 1 N–H and O–H groups in total. The maximum absolute atomic E-state index is 5.76. The van der Waals surface area contributed by atoms with Crippen LogP contribution in [0.2, 0.25) is 0 Å². The number of nitrogens with one attached hydrogen (secondary N) is 1. The van der Waals surface area contributed by atoms with Crippen molar-refractivity contribution in [3.8, 4) is 6.01 Å². The first-order valence-corrected chi connectivity index (χ1v) is 6.78. The summed E-state index contributed by atoms with van der Waals surface area (Å²) >= 11 is 0. The van der Waals surface area contributed by atoms with Crippen LogP contribution in [0.4, 0.5) is 11.9 Å². The van der Waals surface area contributed by atoms with Crippen LogP contribution in [0.15, 0.2) is 0 Å². The third kappa shape index (κ3) is 4.89. The molecule has 1 aromatic heterocycles. The van der Waals surface area contributed by atoms with E-state index in [1.165, 1.54) is 0 Å². The molecule has 0 fully saturated rings. The summed E-state index contributed by atoms with van der Waals surface area (Å²) in [6, 6.07) is 0.374. The number of nitrogens with zero attached hydrogens (tertiary/aromatic N) is 4. The Labute approximate surface area is 115 Å². The van der Waals surface area contributed by atoms with E-state index in [9.17, 15) is 0 Å². The lowest BCUT2D eigenvalue weighted by atomic mass is 10.1. The third-order valence-corrected chi connectivity index (χ3v) is 2.77. The van der Waals surface area contributed by atoms with Crippen LogP contribution in [-0.4, -0.2) is 41.7 Å². The lowest BCUT2D eigenvalue weighted by Gasteiger charge is -2.18. The zero-order valence-corrected chi connectivity index (χ0v) is 12.8. The highest BCUT2D eigenvalue weighted by atomic mass is 16.5. The summed E-state index contributed by atoms with van der Waals surface area (Å²) in [4.78, 5) is 14.8. The second-order valence-corrected chi connectivity index (χ2v) is 5.13. The molecule has 0 spiro atoms. The van der Waals surface area contributed by atoms with Crippen molar-refractivity contribution in [1.82, 2.24) is 15.0 Å². The number of rotatable bonds is 7. The molecule has 1 rings (SSSR count). The Morgan fingerprint density at radius 1 is 1.16 bits per heavy atom. The summed E-state index contributed by atoms with van der Waals surface area (Å²) in [5.74, 6) is 1.57. The molecular formula is C13H25N5O. The lowest BCUT2D eigenvalue weighted by Crippen LogP contribution is -2.22. The Kier molecular flexibility index (Phi) is 5.79. The van der Waals surface area contributed by atoms with Gasteiger partial charge in [-0.25, -0.2) is 0 Å². The van der Waals surface area contributed by atoms with Crippen LogP contribution in [0.3, 0.4) is 0 Å². The van der Waals surface area contributed by atoms with Crippen LogP contribution in [0.25, 0.3) is 0 Å². The molecule has 19 heavy (non-hydrogen) atoms. The van der Waals surface area contributed by atoms with Gasteiger partial charge >= 0.3 is 6.01 Å². The normalized spacial score (nSPS) is 12.4. The van der Waals surface area contributed by atoms with Crippen LogP contribution in [-0.2, 0) is 0 Å². The highest BCUT2D eigenvalue weighted by molar-refractivity contribution is 5.36. The molecule has 0 aromatic carbocycles. The molecule has 6 heteroatoms. The minimum atomic E-state index is 0.0661. The van der Waals surface area contributed by atoms with Crippen molar-refractivity contribution in [2.24, 2.45) is 5.92 Å². The number of hydrogen-bond donors (Lipinski definition) is 1. The number of hydrogen-bond acceptors (Lipinski definition) is 6. The fourth-order valence-corrected chi connectivity index (χ4v) is 1.22. The van der Waals surface area contributed by atoms with Gasteiger partial charge in [-0.1, -0.05) is 20.8 Å². The number of aromatic nitrogens is 3. The van der Waals surface area contributed by atoms with Gasteiger partial charge in [-0.2, -0.15) is 15.0 Å². The standard InChI is InChI=1S/C13H25N5O/c1-7-8-14-11-15-12(18(5)6)17-13(16-11)19-10(4)9(2)3/h9-10H,7-8H2,1-6H3,(H,14,15,16,17). The molecule has 0 saturated carbocycles. The summed E-state index contributed by atoms with van der Waals surface area (Å²) in [6.07, 6.45) is 1.08. The fraction of sp³-hybridized carbons (Fsp3) is 0.769. The lowest BCUT2D eigenvalue weighted by molar-refractivity contribution is 0.156. The van der Waals surface area contributed by atoms with Crippen LogP contribution >= 0.6 is 0 Å². The maximum Gasteiger partial charge on any atom is 0.323 e. The molecule has 0 aliphatic heterocycles. The van der Waals surface area contributed by atoms with Gasteiger partial charge in [0.25, 0.3) is 0 Å². The summed E-state index contributed by atoms with van der Waals surface area (Å²) in [6.45, 7) is 9.15. The van der Waals surface area contributed by atoms with E-state index in [0.717, 1.165) is 13.0 Å². The Hall–Kier alpha value is -1.59. The SMILES string of the molecule is CCCNc1nc(OC(C)C(C)C)nc(N(C)C)n1. The van der Waals surface area contributed by atoms with Crippen molar-refractivity contribution in [2.75, 3.05) is 30.9 Å². The fourth-order valence-electron chi connectivity index (χ4n) is 1.22. The second kappa shape index (κ2) is 7.11. The Morgan fingerprint density at radius 3 is 2.37 bits per heavy atom. The van der Waals surface area contributed by atoms with E-state index in [-0.39, 0.29) is 6.10 Å². The highest BCUT2D eigenvalue weighted by Gasteiger charge is 2.14. The van der Waals surface area contributed by atoms with Crippen molar-refractivity contribution in [3.63, 3.8) is 0 Å². The number of ether oxygens (including phenoxy) is 1. The van der Waals surface area contributed by atoms with Crippen LogP contribution in [0, 0.1) is 5.92 Å². The average Bonchev–Trinajstić information content (AvgIpc) is 2.35. The average molecular weight is 267 g/mol. The molecule has 1 unspecified atom stereocenters. The Balaban J connectivity index is 2.92. The monoisotopic (exact) mass is 267 g/mol. The van der Waals surface area contributed by atoms with Crippen molar-refractivity contribution in [2.45, 2.75) is 40.2 Å².